The predicted molar refractivity (Wildman–Crippen MR) is 65.6 cm³/mol. The van der Waals surface area contributed by atoms with Gasteiger partial charge in [0.1, 0.15) is 0 Å². The third-order valence-corrected chi connectivity index (χ3v) is 2.46. The number of carbonyl (C=O) groups excluding carboxylic acids is 1. The molecule has 0 aliphatic rings. The lowest BCUT2D eigenvalue weighted by Crippen LogP contribution is -2.35. The molecule has 6 heteroatoms. The van der Waals surface area contributed by atoms with Gasteiger partial charge in [0.15, 0.2) is 0 Å². The average molecular weight is 257 g/mol. The van der Waals surface area contributed by atoms with Crippen LogP contribution in [0.2, 0.25) is 5.02 Å². The highest BCUT2D eigenvalue weighted by Gasteiger charge is 2.12. The van der Waals surface area contributed by atoms with Gasteiger partial charge >= 0.3 is 5.97 Å². The number of carboxylic acid groups (broad SMARTS) is 1. The molecule has 3 N–H and O–H groups in total. The van der Waals surface area contributed by atoms with Crippen molar-refractivity contribution in [1.29, 1.82) is 0 Å². The van der Waals surface area contributed by atoms with Crippen LogP contribution in [0.1, 0.15) is 17.3 Å². The fourth-order valence-corrected chi connectivity index (χ4v) is 1.40. The van der Waals surface area contributed by atoms with Crippen LogP contribution in [0.15, 0.2) is 18.2 Å². The zero-order valence-corrected chi connectivity index (χ0v) is 10.2. The van der Waals surface area contributed by atoms with Crippen LogP contribution >= 0.6 is 11.6 Å². The zero-order chi connectivity index (χ0) is 13.0. The summed E-state index contributed by atoms with van der Waals surface area (Å²) in [7, 11) is 1.66. The maximum absolute atomic E-state index is 11.6. The number of benzene rings is 1. The Morgan fingerprint density at radius 1 is 1.35 bits per heavy atom. The molecule has 5 nitrogen and oxygen atoms in total. The first kappa shape index (κ1) is 13.5. The molecular weight excluding hydrogens is 244 g/mol. The molecule has 0 aromatic heterocycles. The second-order valence-corrected chi connectivity index (χ2v) is 3.97. The number of halogens is 1. The van der Waals surface area contributed by atoms with Crippen LogP contribution < -0.4 is 10.6 Å². The van der Waals surface area contributed by atoms with E-state index in [0.717, 1.165) is 0 Å². The molecular formula is C11H13ClN2O3. The average Bonchev–Trinajstić information content (AvgIpc) is 2.26. The number of likely N-dealkylation sites (N-methyl/N-ethyl adjacent to an activating group) is 1. The number of rotatable bonds is 4. The molecule has 0 aliphatic carbocycles. The molecule has 0 aliphatic heterocycles. The Kier molecular flexibility index (Phi) is 4.48. The van der Waals surface area contributed by atoms with E-state index < -0.39 is 5.97 Å². The summed E-state index contributed by atoms with van der Waals surface area (Å²) < 4.78 is 0. The molecule has 0 spiro atoms. The molecule has 0 saturated heterocycles. The van der Waals surface area contributed by atoms with Crippen molar-refractivity contribution >= 4 is 29.2 Å². The van der Waals surface area contributed by atoms with E-state index >= 15 is 0 Å². The third kappa shape index (κ3) is 3.72. The van der Waals surface area contributed by atoms with Gasteiger partial charge in [-0.3, -0.25) is 4.79 Å². The lowest BCUT2D eigenvalue weighted by atomic mass is 10.2. The number of aromatic carboxylic acids is 1. The van der Waals surface area contributed by atoms with Crippen molar-refractivity contribution in [3.63, 3.8) is 0 Å². The van der Waals surface area contributed by atoms with E-state index in [1.165, 1.54) is 18.2 Å². The van der Waals surface area contributed by atoms with Crippen molar-refractivity contribution in [2.75, 3.05) is 12.4 Å². The number of amides is 1. The zero-order valence-electron chi connectivity index (χ0n) is 9.45. The van der Waals surface area contributed by atoms with Crippen molar-refractivity contribution in [3.05, 3.63) is 28.8 Å². The van der Waals surface area contributed by atoms with Crippen molar-refractivity contribution < 1.29 is 14.7 Å². The summed E-state index contributed by atoms with van der Waals surface area (Å²) in [5.41, 5.74) is 0.395. The Morgan fingerprint density at radius 2 is 2.00 bits per heavy atom. The summed E-state index contributed by atoms with van der Waals surface area (Å²) in [6, 6.07) is 3.80. The molecule has 17 heavy (non-hydrogen) atoms. The first-order valence-electron chi connectivity index (χ1n) is 4.96. The third-order valence-electron chi connectivity index (χ3n) is 2.24. The van der Waals surface area contributed by atoms with E-state index in [1.807, 2.05) is 0 Å². The Balaban J connectivity index is 2.92. The fraction of sp³-hybridized carbons (Fsp3) is 0.273. The van der Waals surface area contributed by atoms with Crippen LogP contribution in [0.25, 0.3) is 0 Å². The van der Waals surface area contributed by atoms with E-state index in [2.05, 4.69) is 10.6 Å². The Labute approximate surface area is 104 Å². The van der Waals surface area contributed by atoms with Crippen molar-refractivity contribution in [1.82, 2.24) is 5.32 Å². The monoisotopic (exact) mass is 256 g/mol. The van der Waals surface area contributed by atoms with Crippen LogP contribution in [-0.2, 0) is 4.79 Å². The molecule has 0 heterocycles. The summed E-state index contributed by atoms with van der Waals surface area (Å²) >= 11 is 5.76. The standard InChI is InChI=1S/C11H13ClN2O3/c1-6(13-2)10(15)14-9-4-7(11(16)17)3-8(12)5-9/h3-6,13H,1-2H3,(H,14,15)(H,16,17). The summed E-state index contributed by atoms with van der Waals surface area (Å²) in [6.07, 6.45) is 0. The van der Waals surface area contributed by atoms with Crippen LogP contribution in [0.4, 0.5) is 5.69 Å². The molecule has 0 bridgehead atoms. The molecule has 1 rings (SSSR count). The van der Waals surface area contributed by atoms with Gasteiger partial charge in [-0.1, -0.05) is 11.6 Å². The molecule has 0 fully saturated rings. The van der Waals surface area contributed by atoms with Crippen molar-refractivity contribution in [2.45, 2.75) is 13.0 Å². The second kappa shape index (κ2) is 5.65. The molecule has 1 atom stereocenters. The van der Waals surface area contributed by atoms with Gasteiger partial charge in [0.25, 0.3) is 0 Å². The van der Waals surface area contributed by atoms with Crippen LogP contribution in [0.5, 0.6) is 0 Å². The number of nitrogens with one attached hydrogen (secondary N) is 2. The normalized spacial score (nSPS) is 11.9. The SMILES string of the molecule is CNC(C)C(=O)Nc1cc(Cl)cc(C(=O)O)c1. The Hall–Kier alpha value is -1.59. The summed E-state index contributed by atoms with van der Waals surface area (Å²) in [5.74, 6) is -1.35. The van der Waals surface area contributed by atoms with Gasteiger partial charge < -0.3 is 15.7 Å². The maximum atomic E-state index is 11.6. The smallest absolute Gasteiger partial charge is 0.335 e. The number of hydrogen-bond acceptors (Lipinski definition) is 3. The maximum Gasteiger partial charge on any atom is 0.335 e. The molecule has 1 aromatic rings. The van der Waals surface area contributed by atoms with Gasteiger partial charge in [-0.05, 0) is 32.2 Å². The molecule has 0 saturated carbocycles. The van der Waals surface area contributed by atoms with Crippen LogP contribution in [0, 0.1) is 0 Å². The Bertz CT molecular complexity index is 448. The minimum atomic E-state index is -1.09. The first-order chi connectivity index (χ1) is 7.93. The lowest BCUT2D eigenvalue weighted by Gasteiger charge is -2.11. The van der Waals surface area contributed by atoms with E-state index in [9.17, 15) is 9.59 Å². The molecule has 1 unspecified atom stereocenters. The number of carboxylic acids is 1. The minimum absolute atomic E-state index is 0.0323. The number of carbonyl (C=O) groups is 2. The van der Waals surface area contributed by atoms with Crippen molar-refractivity contribution in [2.24, 2.45) is 0 Å². The highest BCUT2D eigenvalue weighted by molar-refractivity contribution is 6.31. The van der Waals surface area contributed by atoms with Gasteiger partial charge in [0.2, 0.25) is 5.91 Å². The van der Waals surface area contributed by atoms with Crippen molar-refractivity contribution in [3.8, 4) is 0 Å². The van der Waals surface area contributed by atoms with E-state index in [1.54, 1.807) is 14.0 Å². The fourth-order valence-electron chi connectivity index (χ4n) is 1.17. The molecule has 1 aromatic carbocycles. The number of anilines is 1. The van der Waals surface area contributed by atoms with Gasteiger partial charge in [-0.25, -0.2) is 4.79 Å². The van der Waals surface area contributed by atoms with Gasteiger partial charge in [-0.2, -0.15) is 0 Å². The van der Waals surface area contributed by atoms with E-state index in [0.29, 0.717) is 5.69 Å². The predicted octanol–water partition coefficient (Wildman–Crippen LogP) is 1.58. The quantitative estimate of drug-likeness (QED) is 0.764. The first-order valence-corrected chi connectivity index (χ1v) is 5.34. The minimum Gasteiger partial charge on any atom is -0.478 e. The number of hydrogen-bond donors (Lipinski definition) is 3. The summed E-state index contributed by atoms with van der Waals surface area (Å²) in [4.78, 5) is 22.4. The molecule has 1 amide bonds. The molecule has 0 radical (unpaired) electrons. The van der Waals surface area contributed by atoms with Gasteiger partial charge in [-0.15, -0.1) is 0 Å². The van der Waals surface area contributed by atoms with Gasteiger partial charge in [0.05, 0.1) is 11.6 Å². The van der Waals surface area contributed by atoms with E-state index in [-0.39, 0.29) is 22.5 Å². The van der Waals surface area contributed by atoms with E-state index in [4.69, 9.17) is 16.7 Å². The topological polar surface area (TPSA) is 78.4 Å². The highest BCUT2D eigenvalue weighted by Crippen LogP contribution is 2.19. The lowest BCUT2D eigenvalue weighted by molar-refractivity contribution is -0.117. The Morgan fingerprint density at radius 3 is 2.53 bits per heavy atom. The van der Waals surface area contributed by atoms with Crippen LogP contribution in [-0.4, -0.2) is 30.1 Å². The summed E-state index contributed by atoms with van der Waals surface area (Å²) in [5, 5.41) is 14.5. The molecule has 92 valence electrons. The summed E-state index contributed by atoms with van der Waals surface area (Å²) in [6.45, 7) is 1.69. The largest absolute Gasteiger partial charge is 0.478 e. The van der Waals surface area contributed by atoms with Crippen LogP contribution in [0.3, 0.4) is 0 Å². The second-order valence-electron chi connectivity index (χ2n) is 3.53. The highest BCUT2D eigenvalue weighted by atomic mass is 35.5. The van der Waals surface area contributed by atoms with Gasteiger partial charge in [0, 0.05) is 10.7 Å².